The van der Waals surface area contributed by atoms with Crippen molar-refractivity contribution in [3.8, 4) is 0 Å². The van der Waals surface area contributed by atoms with Crippen LogP contribution in [0.2, 0.25) is 25.7 Å². The van der Waals surface area contributed by atoms with Gasteiger partial charge in [-0.1, -0.05) is 19.6 Å². The highest BCUT2D eigenvalue weighted by Crippen LogP contribution is 2.10. The van der Waals surface area contributed by atoms with Crippen LogP contribution in [0, 0.1) is 15.5 Å². The van der Waals surface area contributed by atoms with Gasteiger partial charge in [0.25, 0.3) is 4.98 Å². The van der Waals surface area contributed by atoms with E-state index in [9.17, 15) is 15.2 Å². The molecule has 7 nitrogen and oxygen atoms in total. The average molecular weight is 231 g/mol. The Balaban J connectivity index is 4.31. The Morgan fingerprint density at radius 2 is 2.07 bits per heavy atom. The molecule has 0 aliphatic heterocycles. The van der Waals surface area contributed by atoms with E-state index in [0.29, 0.717) is 6.04 Å². The molecule has 0 fully saturated rings. The molecule has 0 saturated carbocycles. The fourth-order valence-corrected chi connectivity index (χ4v) is 1.38. The van der Waals surface area contributed by atoms with E-state index >= 15 is 0 Å². The van der Waals surface area contributed by atoms with Gasteiger partial charge in [-0.15, -0.1) is 0 Å². The van der Waals surface area contributed by atoms with Crippen LogP contribution in [0.1, 0.15) is 0 Å². The Morgan fingerprint density at radius 3 is 2.40 bits per heavy atom. The van der Waals surface area contributed by atoms with Crippen molar-refractivity contribution < 1.29 is 14.8 Å². The molecule has 15 heavy (non-hydrogen) atoms. The minimum atomic E-state index is -1.35. The van der Waals surface area contributed by atoms with Gasteiger partial charge in [-0.05, 0) is 12.7 Å². The number of hydrogen-bond acceptors (Lipinski definition) is 5. The van der Waals surface area contributed by atoms with Gasteiger partial charge in [0.15, 0.2) is 4.92 Å². The summed E-state index contributed by atoms with van der Waals surface area (Å²) >= 11 is 0. The summed E-state index contributed by atoms with van der Waals surface area (Å²) in [6.45, 7) is 6.35. The first kappa shape index (κ1) is 13.4. The summed E-state index contributed by atoms with van der Waals surface area (Å²) in [5.74, 6) is -2.40. The van der Waals surface area contributed by atoms with Crippen molar-refractivity contribution in [2.45, 2.75) is 25.7 Å². The number of nitrogens with zero attached hydrogens (tertiary/aromatic N) is 3. The second-order valence-corrected chi connectivity index (χ2v) is 9.75. The Labute approximate surface area is 88.1 Å². The summed E-state index contributed by atoms with van der Waals surface area (Å²) in [6.07, 6.45) is 0. The van der Waals surface area contributed by atoms with Crippen molar-refractivity contribution in [3.63, 3.8) is 0 Å². The molecule has 0 bridgehead atoms. The summed E-state index contributed by atoms with van der Waals surface area (Å²) in [4.78, 5) is 11.3. The molecule has 0 aliphatic carbocycles. The number of hydrogen-bond donors (Lipinski definition) is 0. The smallest absolute Gasteiger partial charge is 0.603 e. The first-order valence-electron chi connectivity index (χ1n) is 4.31. The van der Waals surface area contributed by atoms with E-state index in [4.69, 9.17) is 5.39 Å². The normalized spacial score (nSPS) is 12.7. The number of rotatable bonds is 5. The summed E-state index contributed by atoms with van der Waals surface area (Å²) in [5, 5.41) is 29.3. The summed E-state index contributed by atoms with van der Waals surface area (Å²) < 4.78 is 4.60. The molecule has 0 rings (SSSR count). The van der Waals surface area contributed by atoms with E-state index in [1.807, 2.05) is 0 Å². The fraction of sp³-hybridized carbons (Fsp3) is 0.714. The predicted octanol–water partition coefficient (Wildman–Crippen LogP) is 0.958. The zero-order chi connectivity index (χ0) is 12.1. The topological polar surface area (TPSA) is 104 Å². The molecule has 0 N–H and O–H groups in total. The molecular formula is C7H13N3O4Si. The highest BCUT2D eigenvalue weighted by molar-refractivity contribution is 6.76. The summed E-state index contributed by atoms with van der Waals surface area (Å²) in [5.41, 5.74) is 0. The average Bonchev–Trinajstić information content (AvgIpc) is 2.01. The van der Waals surface area contributed by atoms with E-state index in [2.05, 4.69) is 29.4 Å². The van der Waals surface area contributed by atoms with E-state index in [-0.39, 0.29) is 6.61 Å². The number of diazo groups is 1. The van der Waals surface area contributed by atoms with Gasteiger partial charge in [-0.25, -0.2) is 0 Å². The minimum Gasteiger partial charge on any atom is -0.603 e. The van der Waals surface area contributed by atoms with Crippen LogP contribution in [0.15, 0.2) is 11.8 Å². The fourth-order valence-electron chi connectivity index (χ4n) is 0.666. The maximum atomic E-state index is 11.0. The zero-order valence-electron chi connectivity index (χ0n) is 8.89. The van der Waals surface area contributed by atoms with Crippen LogP contribution in [0.5, 0.6) is 0 Å². The molecule has 0 amide bonds. The van der Waals surface area contributed by atoms with E-state index in [1.165, 1.54) is 0 Å². The SMILES string of the molecule is C[Si](C)(C)CCOC([O-])=C([N+]#N)[N+](=O)[O-]. The van der Waals surface area contributed by atoms with Gasteiger partial charge < -0.3 is 9.84 Å². The lowest BCUT2D eigenvalue weighted by Crippen LogP contribution is -2.23. The maximum Gasteiger partial charge on any atom is 0.689 e. The molecule has 0 saturated heterocycles. The van der Waals surface area contributed by atoms with Crippen molar-refractivity contribution in [1.82, 2.24) is 0 Å². The molecule has 0 aromatic carbocycles. The monoisotopic (exact) mass is 231 g/mol. The van der Waals surface area contributed by atoms with Crippen LogP contribution >= 0.6 is 0 Å². The van der Waals surface area contributed by atoms with Crippen molar-refractivity contribution in [3.05, 3.63) is 26.9 Å². The van der Waals surface area contributed by atoms with Gasteiger partial charge in [0, 0.05) is 8.07 Å². The third-order valence-electron chi connectivity index (χ3n) is 1.54. The van der Waals surface area contributed by atoms with E-state index < -0.39 is 24.8 Å². The minimum absolute atomic E-state index is 0.113. The standard InChI is InChI=1S/C7H13N3O4Si/c1-15(2,3)5-4-14-7(11)6(9-8)10(12)13/h4-5H2,1-3H3. The summed E-state index contributed by atoms with van der Waals surface area (Å²) in [6, 6.07) is 0.704. The van der Waals surface area contributed by atoms with Gasteiger partial charge >= 0.3 is 5.82 Å². The van der Waals surface area contributed by atoms with E-state index in [0.717, 1.165) is 0 Å². The third kappa shape index (κ3) is 5.64. The van der Waals surface area contributed by atoms with Crippen molar-refractivity contribution >= 4 is 8.07 Å². The lowest BCUT2D eigenvalue weighted by Gasteiger charge is -2.18. The molecular weight excluding hydrogens is 218 g/mol. The van der Waals surface area contributed by atoms with Gasteiger partial charge in [-0.3, -0.25) is 10.1 Å². The molecule has 0 aromatic rings. The number of ether oxygens (including phenoxy) is 1. The van der Waals surface area contributed by atoms with E-state index in [1.54, 1.807) is 0 Å². The van der Waals surface area contributed by atoms with Crippen LogP contribution in [0.25, 0.3) is 4.98 Å². The first-order valence-corrected chi connectivity index (χ1v) is 8.02. The van der Waals surface area contributed by atoms with Crippen molar-refractivity contribution in [1.29, 1.82) is 5.39 Å². The Bertz CT molecular complexity index is 315. The molecule has 0 aliphatic rings. The first-order chi connectivity index (χ1) is 6.78. The lowest BCUT2D eigenvalue weighted by atomic mass is 10.7. The Kier molecular flexibility index (Phi) is 4.73. The zero-order valence-corrected chi connectivity index (χ0v) is 9.89. The molecule has 8 heteroatoms. The highest BCUT2D eigenvalue weighted by atomic mass is 28.3. The Morgan fingerprint density at radius 1 is 1.53 bits per heavy atom. The van der Waals surface area contributed by atoms with Gasteiger partial charge in [0.2, 0.25) is 11.3 Å². The third-order valence-corrected chi connectivity index (χ3v) is 3.24. The van der Waals surface area contributed by atoms with Gasteiger partial charge in [-0.2, -0.15) is 0 Å². The lowest BCUT2D eigenvalue weighted by molar-refractivity contribution is -0.451. The molecule has 0 heterocycles. The van der Waals surface area contributed by atoms with Crippen LogP contribution in [0.4, 0.5) is 0 Å². The molecule has 84 valence electrons. The molecule has 0 spiro atoms. The van der Waals surface area contributed by atoms with Crippen LogP contribution in [0.3, 0.4) is 0 Å². The second-order valence-electron chi connectivity index (χ2n) is 4.13. The molecule has 0 unspecified atom stereocenters. The molecule has 0 atom stereocenters. The number of nitro groups is 1. The maximum absolute atomic E-state index is 11.0. The van der Waals surface area contributed by atoms with Crippen molar-refractivity contribution in [2.24, 2.45) is 0 Å². The highest BCUT2D eigenvalue weighted by Gasteiger charge is 2.29. The van der Waals surface area contributed by atoms with Crippen LogP contribution < -0.4 is 5.11 Å². The molecule has 0 radical (unpaired) electrons. The largest absolute Gasteiger partial charge is 0.689 e. The second kappa shape index (κ2) is 5.31. The molecule has 0 aromatic heterocycles. The van der Waals surface area contributed by atoms with Crippen LogP contribution in [-0.4, -0.2) is 19.6 Å². The van der Waals surface area contributed by atoms with Crippen LogP contribution in [-0.2, 0) is 4.74 Å². The quantitative estimate of drug-likeness (QED) is 0.230. The van der Waals surface area contributed by atoms with Crippen molar-refractivity contribution in [2.75, 3.05) is 6.61 Å². The summed E-state index contributed by atoms with van der Waals surface area (Å²) in [7, 11) is -1.35. The predicted molar refractivity (Wildman–Crippen MR) is 53.2 cm³/mol. The van der Waals surface area contributed by atoms with Gasteiger partial charge in [0.05, 0.1) is 0 Å². The Hall–Kier alpha value is -1.62. The van der Waals surface area contributed by atoms with Gasteiger partial charge in [0.1, 0.15) is 0 Å².